The van der Waals surface area contributed by atoms with Crippen LogP contribution in [0.5, 0.6) is 0 Å². The monoisotopic (exact) mass is 217 g/mol. The van der Waals surface area contributed by atoms with Crippen LogP contribution in [-0.2, 0) is 4.57 Å². The number of aromatic nitrogens is 1. The molecule has 0 radical (unpaired) electrons. The minimum atomic E-state index is -4.89. The molecule has 0 aliphatic carbocycles. The molecule has 1 rings (SSSR count). The van der Waals surface area contributed by atoms with Crippen LogP contribution in [0.1, 0.15) is 11.3 Å². The molecule has 0 bridgehead atoms. The average Bonchev–Trinajstić information content (AvgIpc) is 2.02. The lowest BCUT2D eigenvalue weighted by molar-refractivity contribution is -0.381. The molecule has 5 nitrogen and oxygen atoms in total. The van der Waals surface area contributed by atoms with Gasteiger partial charge in [0.05, 0.1) is 0 Å². The Morgan fingerprint density at radius 1 is 1.64 bits per heavy atom. The molecular formula is C8H12NO4P. The number of nitrogens with one attached hydrogen (secondary N) is 1. The second kappa shape index (κ2) is 5.67. The van der Waals surface area contributed by atoms with Gasteiger partial charge >= 0.3 is 0 Å². The minimum Gasteiger partial charge on any atom is -0.756 e. The van der Waals surface area contributed by atoms with Crippen LogP contribution in [0.3, 0.4) is 0 Å². The summed E-state index contributed by atoms with van der Waals surface area (Å²) in [4.78, 5) is 26.0. The van der Waals surface area contributed by atoms with Crippen LogP contribution >= 0.6 is 7.82 Å². The second-order valence-corrected chi connectivity index (χ2v) is 3.44. The largest absolute Gasteiger partial charge is 0.756 e. The predicted octanol–water partition coefficient (Wildman–Crippen LogP) is -0.108. The van der Waals surface area contributed by atoms with Crippen molar-refractivity contribution >= 4 is 13.9 Å². The van der Waals surface area contributed by atoms with Crippen molar-refractivity contribution in [2.45, 2.75) is 6.92 Å². The van der Waals surface area contributed by atoms with Gasteiger partial charge in [-0.05, 0) is 13.0 Å². The molecule has 1 heterocycles. The normalized spacial score (nSPS) is 10.0. The van der Waals surface area contributed by atoms with Crippen LogP contribution in [0.15, 0.2) is 24.9 Å². The number of pyridine rings is 1. The van der Waals surface area contributed by atoms with Gasteiger partial charge in [0.2, 0.25) is 5.69 Å². The standard InChI is InChI=1S/C8H9N.H3O4P/c1-3-8-7(2)5-4-6-9-8;1-5(2,3)4/h3-6H,1H2,2H3;(H3,1,2,3,4). The molecule has 1 aromatic heterocycles. The third kappa shape index (κ3) is 7.64. The first kappa shape index (κ1) is 13.0. The highest BCUT2D eigenvalue weighted by atomic mass is 31.2. The lowest BCUT2D eigenvalue weighted by atomic mass is 10.2. The SMILES string of the molecule is C=Cc1[nH+]cccc1C.O=P([O-])(O)O. The molecule has 0 saturated heterocycles. The predicted molar refractivity (Wildman–Crippen MR) is 49.9 cm³/mol. The van der Waals surface area contributed by atoms with E-state index in [4.69, 9.17) is 19.2 Å². The number of hydrogen-bond donors (Lipinski definition) is 2. The molecule has 3 N–H and O–H groups in total. The quantitative estimate of drug-likeness (QED) is 0.641. The van der Waals surface area contributed by atoms with Crippen molar-refractivity contribution in [1.29, 1.82) is 0 Å². The Hall–Kier alpha value is -1.00. The summed E-state index contributed by atoms with van der Waals surface area (Å²) >= 11 is 0. The zero-order chi connectivity index (χ0) is 11.2. The molecule has 0 spiro atoms. The number of aryl methyl sites for hydroxylation is 1. The fourth-order valence-electron chi connectivity index (χ4n) is 0.754. The van der Waals surface area contributed by atoms with Crippen molar-refractivity contribution in [3.05, 3.63) is 36.2 Å². The van der Waals surface area contributed by atoms with E-state index >= 15 is 0 Å². The van der Waals surface area contributed by atoms with E-state index in [1.54, 1.807) is 0 Å². The van der Waals surface area contributed by atoms with E-state index < -0.39 is 7.82 Å². The van der Waals surface area contributed by atoms with Crippen molar-refractivity contribution in [2.75, 3.05) is 0 Å². The van der Waals surface area contributed by atoms with Crippen molar-refractivity contribution in [1.82, 2.24) is 0 Å². The first-order chi connectivity index (χ1) is 6.34. The summed E-state index contributed by atoms with van der Waals surface area (Å²) in [5, 5.41) is 0. The molecule has 0 amide bonds. The van der Waals surface area contributed by atoms with E-state index in [1.807, 2.05) is 31.3 Å². The van der Waals surface area contributed by atoms with E-state index in [-0.39, 0.29) is 0 Å². The summed E-state index contributed by atoms with van der Waals surface area (Å²) in [6, 6.07) is 4.02. The van der Waals surface area contributed by atoms with Gasteiger partial charge in [-0.3, -0.25) is 4.57 Å². The Labute approximate surface area is 82.0 Å². The number of rotatable bonds is 1. The van der Waals surface area contributed by atoms with Crippen LogP contribution in [0.2, 0.25) is 0 Å². The lowest BCUT2D eigenvalue weighted by Crippen LogP contribution is -2.06. The van der Waals surface area contributed by atoms with Gasteiger partial charge in [-0.25, -0.2) is 4.98 Å². The fourth-order valence-corrected chi connectivity index (χ4v) is 0.754. The number of aromatic amines is 1. The van der Waals surface area contributed by atoms with Crippen molar-refractivity contribution in [3.63, 3.8) is 0 Å². The highest BCUT2D eigenvalue weighted by Crippen LogP contribution is 2.18. The lowest BCUT2D eigenvalue weighted by Gasteiger charge is -2.01. The van der Waals surface area contributed by atoms with Crippen LogP contribution in [0, 0.1) is 6.92 Å². The molecule has 6 heteroatoms. The Morgan fingerprint density at radius 2 is 2.14 bits per heavy atom. The van der Waals surface area contributed by atoms with Gasteiger partial charge in [0.15, 0.2) is 6.20 Å². The van der Waals surface area contributed by atoms with E-state index in [2.05, 4.69) is 11.6 Å². The van der Waals surface area contributed by atoms with Gasteiger partial charge in [-0.2, -0.15) is 0 Å². The Morgan fingerprint density at radius 3 is 2.43 bits per heavy atom. The van der Waals surface area contributed by atoms with Crippen molar-refractivity contribution in [2.24, 2.45) is 0 Å². The van der Waals surface area contributed by atoms with Gasteiger partial charge in [-0.1, -0.05) is 6.58 Å². The summed E-state index contributed by atoms with van der Waals surface area (Å²) in [5.41, 5.74) is 2.32. The molecule has 0 aliphatic rings. The van der Waals surface area contributed by atoms with Crippen LogP contribution in [0.4, 0.5) is 0 Å². The zero-order valence-corrected chi connectivity index (χ0v) is 8.57. The molecule has 0 aromatic carbocycles. The first-order valence-electron chi connectivity index (χ1n) is 3.71. The van der Waals surface area contributed by atoms with Gasteiger partial charge in [0.1, 0.15) is 0 Å². The van der Waals surface area contributed by atoms with E-state index in [0.717, 1.165) is 5.69 Å². The maximum atomic E-state index is 8.77. The number of hydrogen-bond acceptors (Lipinski definition) is 2. The van der Waals surface area contributed by atoms with Crippen LogP contribution < -0.4 is 9.88 Å². The minimum absolute atomic E-state index is 1.09. The van der Waals surface area contributed by atoms with Crippen LogP contribution in [-0.4, -0.2) is 9.79 Å². The Balaban J connectivity index is 0.000000292. The van der Waals surface area contributed by atoms with E-state index in [9.17, 15) is 0 Å². The Bertz CT molecular complexity index is 339. The zero-order valence-electron chi connectivity index (χ0n) is 7.67. The molecule has 78 valence electrons. The maximum Gasteiger partial charge on any atom is 0.262 e. The second-order valence-electron chi connectivity index (χ2n) is 2.46. The maximum absolute atomic E-state index is 8.77. The van der Waals surface area contributed by atoms with Gasteiger partial charge in [0.25, 0.3) is 7.82 Å². The molecule has 1 aromatic rings. The summed E-state index contributed by atoms with van der Waals surface area (Å²) in [5.74, 6) is 0. The van der Waals surface area contributed by atoms with E-state index in [1.165, 1.54) is 5.56 Å². The van der Waals surface area contributed by atoms with Crippen LogP contribution in [0.25, 0.3) is 6.08 Å². The summed E-state index contributed by atoms with van der Waals surface area (Å²) in [7, 11) is -4.89. The Kier molecular flexibility index (Phi) is 5.27. The molecule has 0 fully saturated rings. The summed E-state index contributed by atoms with van der Waals surface area (Å²) < 4.78 is 8.77. The molecule has 0 aliphatic heterocycles. The van der Waals surface area contributed by atoms with Crippen molar-refractivity contribution in [3.8, 4) is 0 Å². The third-order valence-electron chi connectivity index (χ3n) is 1.31. The van der Waals surface area contributed by atoms with E-state index in [0.29, 0.717) is 0 Å². The summed E-state index contributed by atoms with van der Waals surface area (Å²) in [6.07, 6.45) is 3.71. The molecule has 0 atom stereocenters. The topological polar surface area (TPSA) is 94.7 Å². The van der Waals surface area contributed by atoms with Gasteiger partial charge in [0, 0.05) is 17.7 Å². The third-order valence-corrected chi connectivity index (χ3v) is 1.31. The summed E-state index contributed by atoms with van der Waals surface area (Å²) in [6.45, 7) is 5.71. The number of phosphoric acid groups is 1. The molecule has 14 heavy (non-hydrogen) atoms. The van der Waals surface area contributed by atoms with Gasteiger partial charge < -0.3 is 14.7 Å². The molecular weight excluding hydrogens is 205 g/mol. The molecule has 0 saturated carbocycles. The molecule has 0 unspecified atom stereocenters. The first-order valence-corrected chi connectivity index (χ1v) is 5.24. The van der Waals surface area contributed by atoms with Crippen molar-refractivity contribution < 1.29 is 24.2 Å². The highest BCUT2D eigenvalue weighted by Gasteiger charge is 1.95. The smallest absolute Gasteiger partial charge is 0.262 e. The highest BCUT2D eigenvalue weighted by molar-refractivity contribution is 7.43. The van der Waals surface area contributed by atoms with Gasteiger partial charge in [-0.15, -0.1) is 0 Å². The fraction of sp³-hybridized carbons (Fsp3) is 0.125. The average molecular weight is 217 g/mol. The number of H-pyrrole nitrogens is 1.